The quantitative estimate of drug-likeness (QED) is 0.891. The largest absolute Gasteiger partial charge is 0.333 e. The molecule has 0 aliphatic carbocycles. The molecule has 0 aliphatic rings. The second-order valence-electron chi connectivity index (χ2n) is 5.23. The van der Waals surface area contributed by atoms with Crippen LogP contribution >= 0.6 is 0 Å². The third-order valence-corrected chi connectivity index (χ3v) is 3.42. The normalized spacial score (nSPS) is 10.2. The third kappa shape index (κ3) is 5.54. The van der Waals surface area contributed by atoms with Crippen LogP contribution in [0.5, 0.6) is 0 Å². The van der Waals surface area contributed by atoms with E-state index in [4.69, 9.17) is 0 Å². The monoisotopic (exact) mass is 314 g/mol. The topological polar surface area (TPSA) is 49.4 Å². The van der Waals surface area contributed by atoms with Gasteiger partial charge in [0, 0.05) is 19.2 Å². The summed E-state index contributed by atoms with van der Waals surface area (Å²) in [6.45, 7) is 1.83. The lowest BCUT2D eigenvalue weighted by Gasteiger charge is -2.20. The van der Waals surface area contributed by atoms with Crippen LogP contribution in [-0.4, -0.2) is 29.8 Å². The van der Waals surface area contributed by atoms with E-state index in [0.717, 1.165) is 5.56 Å². The van der Waals surface area contributed by atoms with Gasteiger partial charge in [-0.2, -0.15) is 0 Å². The number of hydrogen-bond donors (Lipinski definition) is 1. The molecule has 120 valence electrons. The average Bonchev–Trinajstić information content (AvgIpc) is 2.53. The molecule has 0 fully saturated rings. The van der Waals surface area contributed by atoms with Crippen molar-refractivity contribution >= 4 is 17.5 Å². The van der Waals surface area contributed by atoms with Gasteiger partial charge in [0.25, 0.3) is 0 Å². The molecule has 0 heterocycles. The first-order valence-electron chi connectivity index (χ1n) is 7.39. The van der Waals surface area contributed by atoms with Gasteiger partial charge < -0.3 is 10.2 Å². The van der Waals surface area contributed by atoms with Crippen molar-refractivity contribution in [3.8, 4) is 0 Å². The highest BCUT2D eigenvalue weighted by Gasteiger charge is 2.13. The van der Waals surface area contributed by atoms with Gasteiger partial charge in [0.05, 0.1) is 6.54 Å². The fourth-order valence-electron chi connectivity index (χ4n) is 2.16. The number of para-hydroxylation sites is 1. The van der Waals surface area contributed by atoms with Crippen LogP contribution in [0.25, 0.3) is 0 Å². The number of hydrogen-bond acceptors (Lipinski definition) is 2. The second kappa shape index (κ2) is 8.08. The fraction of sp³-hybridized carbons (Fsp3) is 0.222. The summed E-state index contributed by atoms with van der Waals surface area (Å²) in [5.41, 5.74) is 1.61. The van der Waals surface area contributed by atoms with E-state index >= 15 is 0 Å². The minimum Gasteiger partial charge on any atom is -0.333 e. The molecule has 2 aromatic rings. The number of benzene rings is 2. The van der Waals surface area contributed by atoms with Crippen LogP contribution in [0, 0.1) is 5.82 Å². The maximum absolute atomic E-state index is 12.9. The highest BCUT2D eigenvalue weighted by Crippen LogP contribution is 2.07. The van der Waals surface area contributed by atoms with E-state index in [1.54, 1.807) is 24.3 Å². The first kappa shape index (κ1) is 16.7. The van der Waals surface area contributed by atoms with E-state index in [0.29, 0.717) is 18.7 Å². The lowest BCUT2D eigenvalue weighted by Crippen LogP contribution is -2.37. The van der Waals surface area contributed by atoms with Crippen molar-refractivity contribution < 1.29 is 14.0 Å². The molecule has 4 nitrogen and oxygen atoms in total. The van der Waals surface area contributed by atoms with Gasteiger partial charge in [-0.3, -0.25) is 9.59 Å². The molecule has 0 bridgehead atoms. The molecule has 0 unspecified atom stereocenters. The van der Waals surface area contributed by atoms with Gasteiger partial charge >= 0.3 is 0 Å². The Morgan fingerprint density at radius 1 is 1.04 bits per heavy atom. The molecular formula is C18H19FN2O2. The molecule has 0 saturated carbocycles. The number of carbonyl (C=O) groups excluding carboxylic acids is 2. The van der Waals surface area contributed by atoms with Crippen LogP contribution in [0.1, 0.15) is 12.5 Å². The number of carbonyl (C=O) groups is 2. The zero-order valence-electron chi connectivity index (χ0n) is 13.0. The van der Waals surface area contributed by atoms with Crippen molar-refractivity contribution in [1.29, 1.82) is 0 Å². The van der Waals surface area contributed by atoms with Crippen molar-refractivity contribution in [2.24, 2.45) is 0 Å². The Labute approximate surface area is 134 Å². The third-order valence-electron chi connectivity index (χ3n) is 3.42. The molecule has 0 radical (unpaired) electrons. The molecule has 5 heteroatoms. The Balaban J connectivity index is 1.89. The van der Waals surface area contributed by atoms with Crippen LogP contribution in [0.2, 0.25) is 0 Å². The highest BCUT2D eigenvalue weighted by molar-refractivity contribution is 5.94. The zero-order chi connectivity index (χ0) is 16.7. The first-order chi connectivity index (χ1) is 11.0. The van der Waals surface area contributed by atoms with Gasteiger partial charge in [-0.25, -0.2) is 4.39 Å². The van der Waals surface area contributed by atoms with Crippen molar-refractivity contribution in [2.75, 3.05) is 18.4 Å². The SMILES string of the molecule is CC(=O)N(CCc1ccc(F)cc1)CC(=O)Nc1ccccc1. The molecule has 23 heavy (non-hydrogen) atoms. The Morgan fingerprint density at radius 2 is 1.70 bits per heavy atom. The van der Waals surface area contributed by atoms with Crippen LogP contribution in [-0.2, 0) is 16.0 Å². The predicted molar refractivity (Wildman–Crippen MR) is 87.4 cm³/mol. The minimum atomic E-state index is -0.292. The summed E-state index contributed by atoms with van der Waals surface area (Å²) in [5, 5.41) is 2.75. The molecule has 0 atom stereocenters. The van der Waals surface area contributed by atoms with E-state index in [-0.39, 0.29) is 24.2 Å². The Bertz CT molecular complexity index is 656. The molecule has 1 N–H and O–H groups in total. The number of anilines is 1. The standard InChI is InChI=1S/C18H19FN2O2/c1-14(22)21(12-11-15-7-9-16(19)10-8-15)13-18(23)20-17-5-3-2-4-6-17/h2-10H,11-13H2,1H3,(H,20,23). The maximum atomic E-state index is 12.9. The van der Waals surface area contributed by atoms with Gasteiger partial charge in [-0.15, -0.1) is 0 Å². The molecule has 0 spiro atoms. The van der Waals surface area contributed by atoms with E-state index < -0.39 is 0 Å². The fourth-order valence-corrected chi connectivity index (χ4v) is 2.16. The van der Waals surface area contributed by atoms with Crippen molar-refractivity contribution in [3.05, 3.63) is 66.0 Å². The molecular weight excluding hydrogens is 295 g/mol. The van der Waals surface area contributed by atoms with Gasteiger partial charge in [0.1, 0.15) is 5.82 Å². The van der Waals surface area contributed by atoms with Crippen molar-refractivity contribution in [3.63, 3.8) is 0 Å². The van der Waals surface area contributed by atoms with Crippen LogP contribution in [0.4, 0.5) is 10.1 Å². The van der Waals surface area contributed by atoms with Crippen LogP contribution < -0.4 is 5.32 Å². The number of halogens is 1. The van der Waals surface area contributed by atoms with E-state index in [1.165, 1.54) is 24.0 Å². The summed E-state index contributed by atoms with van der Waals surface area (Å²) in [4.78, 5) is 25.2. The van der Waals surface area contributed by atoms with E-state index in [9.17, 15) is 14.0 Å². The Morgan fingerprint density at radius 3 is 2.30 bits per heavy atom. The Hall–Kier alpha value is -2.69. The predicted octanol–water partition coefficient (Wildman–Crippen LogP) is 2.86. The lowest BCUT2D eigenvalue weighted by atomic mass is 10.1. The Kier molecular flexibility index (Phi) is 5.86. The molecule has 0 aromatic heterocycles. The van der Waals surface area contributed by atoms with Crippen LogP contribution in [0.15, 0.2) is 54.6 Å². The van der Waals surface area contributed by atoms with Crippen molar-refractivity contribution in [1.82, 2.24) is 4.90 Å². The molecule has 0 saturated heterocycles. The summed E-state index contributed by atoms with van der Waals surface area (Å²) in [5.74, 6) is -0.708. The summed E-state index contributed by atoms with van der Waals surface area (Å²) in [6.07, 6.45) is 0.568. The number of rotatable bonds is 6. The van der Waals surface area contributed by atoms with Gasteiger partial charge in [0.15, 0.2) is 0 Å². The van der Waals surface area contributed by atoms with E-state index in [2.05, 4.69) is 5.32 Å². The highest BCUT2D eigenvalue weighted by atomic mass is 19.1. The average molecular weight is 314 g/mol. The minimum absolute atomic E-state index is 0.00851. The summed E-state index contributed by atoms with van der Waals surface area (Å²) in [7, 11) is 0. The molecule has 2 rings (SSSR count). The summed E-state index contributed by atoms with van der Waals surface area (Å²) < 4.78 is 12.9. The molecule has 0 aliphatic heterocycles. The maximum Gasteiger partial charge on any atom is 0.243 e. The van der Waals surface area contributed by atoms with Gasteiger partial charge in [-0.05, 0) is 36.2 Å². The molecule has 2 aromatic carbocycles. The lowest BCUT2D eigenvalue weighted by molar-refractivity contribution is -0.132. The second-order valence-corrected chi connectivity index (χ2v) is 5.23. The smallest absolute Gasteiger partial charge is 0.243 e. The van der Waals surface area contributed by atoms with Crippen molar-refractivity contribution in [2.45, 2.75) is 13.3 Å². The van der Waals surface area contributed by atoms with Gasteiger partial charge in [-0.1, -0.05) is 30.3 Å². The first-order valence-corrected chi connectivity index (χ1v) is 7.39. The summed E-state index contributed by atoms with van der Waals surface area (Å²) >= 11 is 0. The summed E-state index contributed by atoms with van der Waals surface area (Å²) in [6, 6.07) is 15.2. The van der Waals surface area contributed by atoms with E-state index in [1.807, 2.05) is 18.2 Å². The van der Waals surface area contributed by atoms with Crippen LogP contribution in [0.3, 0.4) is 0 Å². The molecule has 2 amide bonds. The number of nitrogens with one attached hydrogen (secondary N) is 1. The number of nitrogens with zero attached hydrogens (tertiary/aromatic N) is 1. The zero-order valence-corrected chi connectivity index (χ0v) is 13.0. The van der Waals surface area contributed by atoms with Gasteiger partial charge in [0.2, 0.25) is 11.8 Å². The number of amides is 2.